The molecule has 0 spiro atoms. The highest BCUT2D eigenvalue weighted by Gasteiger charge is 1.82. The summed E-state index contributed by atoms with van der Waals surface area (Å²) < 4.78 is 7.23. The van der Waals surface area contributed by atoms with Gasteiger partial charge in [0.15, 0.2) is 0 Å². The fourth-order valence-corrected chi connectivity index (χ4v) is 1.49. The number of rotatable bonds is 0. The van der Waals surface area contributed by atoms with Gasteiger partial charge in [0.1, 0.15) is 0 Å². The first-order valence-corrected chi connectivity index (χ1v) is 4.25. The minimum Gasteiger partial charge on any atom is -0.0854 e. The summed E-state index contributed by atoms with van der Waals surface area (Å²) in [4.78, 5) is 0. The molecule has 0 amide bonds. The van der Waals surface area contributed by atoms with Gasteiger partial charge >= 0.3 is 0 Å². The van der Waals surface area contributed by atoms with Gasteiger partial charge in [0, 0.05) is 7.10 Å². The van der Waals surface area contributed by atoms with Gasteiger partial charge in [-0.15, -0.1) is 0 Å². The Morgan fingerprint density at radius 1 is 1.57 bits per heavy atom. The largest absolute Gasteiger partial charge is 0.0854 e. The van der Waals surface area contributed by atoms with Crippen LogP contribution >= 0.6 is 21.6 Å². The lowest BCUT2D eigenvalue weighted by molar-refractivity contribution is 1.78. The lowest BCUT2D eigenvalue weighted by atomic mass is 10.5. The molecule has 0 nitrogen and oxygen atoms in total. The molecule has 0 aliphatic carbocycles. The standard InChI is InChI=1S/C5H6S2/c1-2-4-6-7-5-3-1/h1-4H,5H2/i5D. The van der Waals surface area contributed by atoms with Gasteiger partial charge < -0.3 is 0 Å². The van der Waals surface area contributed by atoms with Crippen molar-refractivity contribution in [3.63, 3.8) is 0 Å². The van der Waals surface area contributed by atoms with E-state index in [-0.39, 0.29) is 5.73 Å². The van der Waals surface area contributed by atoms with Crippen LogP contribution in [0.3, 0.4) is 0 Å². The van der Waals surface area contributed by atoms with Gasteiger partial charge in [-0.05, 0) is 5.41 Å². The van der Waals surface area contributed by atoms with E-state index in [4.69, 9.17) is 1.37 Å². The molecule has 1 heterocycles. The second kappa shape index (κ2) is 3.22. The van der Waals surface area contributed by atoms with Crippen molar-refractivity contribution in [2.75, 3.05) is 5.73 Å². The zero-order valence-corrected chi connectivity index (χ0v) is 5.34. The summed E-state index contributed by atoms with van der Waals surface area (Å²) in [5.74, 6) is 0. The molecule has 1 unspecified atom stereocenters. The predicted molar refractivity (Wildman–Crippen MR) is 38.3 cm³/mol. The quantitative estimate of drug-likeness (QED) is 0.463. The number of hydrogen-bond acceptors (Lipinski definition) is 2. The summed E-state index contributed by atoms with van der Waals surface area (Å²) in [7, 11) is 3.16. The molecule has 2 heteroatoms. The Kier molecular flexibility index (Phi) is 1.88. The van der Waals surface area contributed by atoms with E-state index in [2.05, 4.69) is 0 Å². The molecule has 0 N–H and O–H groups in total. The van der Waals surface area contributed by atoms with Crippen molar-refractivity contribution < 1.29 is 1.37 Å². The van der Waals surface area contributed by atoms with Crippen molar-refractivity contribution in [2.45, 2.75) is 0 Å². The van der Waals surface area contributed by atoms with Gasteiger partial charge in [0.2, 0.25) is 0 Å². The second-order valence-electron chi connectivity index (χ2n) is 1.04. The molecule has 0 aromatic carbocycles. The lowest BCUT2D eigenvalue weighted by Gasteiger charge is -1.81. The Hall–Kier alpha value is 0.180. The van der Waals surface area contributed by atoms with Gasteiger partial charge in [-0.2, -0.15) is 0 Å². The summed E-state index contributed by atoms with van der Waals surface area (Å²) >= 11 is 0. The van der Waals surface area contributed by atoms with Gasteiger partial charge in [0.05, 0.1) is 0 Å². The fraction of sp³-hybridized carbons (Fsp3) is 0.200. The molecule has 0 fully saturated rings. The summed E-state index contributed by atoms with van der Waals surface area (Å²) in [5.41, 5.74) is -0.0880. The first-order chi connectivity index (χ1) is 3.89. The maximum atomic E-state index is 7.23. The lowest BCUT2D eigenvalue weighted by Crippen LogP contribution is -1.56. The van der Waals surface area contributed by atoms with Crippen LogP contribution in [0.4, 0.5) is 0 Å². The van der Waals surface area contributed by atoms with Crippen LogP contribution < -0.4 is 0 Å². The molecule has 0 bridgehead atoms. The smallest absolute Gasteiger partial charge is 0.0433 e. The van der Waals surface area contributed by atoms with E-state index in [0.29, 0.717) is 0 Å². The third kappa shape index (κ3) is 2.09. The summed E-state index contributed by atoms with van der Waals surface area (Å²) in [6.45, 7) is 0. The molecule has 0 aromatic heterocycles. The Balaban J connectivity index is 2.46. The van der Waals surface area contributed by atoms with Crippen LogP contribution in [0.15, 0.2) is 23.6 Å². The van der Waals surface area contributed by atoms with Crippen LogP contribution in [-0.2, 0) is 0 Å². The Labute approximate surface area is 52.9 Å². The van der Waals surface area contributed by atoms with Crippen molar-refractivity contribution in [3.05, 3.63) is 23.6 Å². The van der Waals surface area contributed by atoms with Crippen LogP contribution in [-0.4, -0.2) is 5.73 Å². The third-order valence-electron chi connectivity index (χ3n) is 0.546. The maximum absolute atomic E-state index is 7.23. The van der Waals surface area contributed by atoms with E-state index in [0.717, 1.165) is 0 Å². The van der Waals surface area contributed by atoms with Crippen molar-refractivity contribution in [3.8, 4) is 0 Å². The number of hydrogen-bond donors (Lipinski definition) is 0. The van der Waals surface area contributed by atoms with Crippen LogP contribution in [0.2, 0.25) is 0 Å². The molecule has 0 saturated carbocycles. The topological polar surface area (TPSA) is 0 Å². The third-order valence-corrected chi connectivity index (χ3v) is 2.19. The molecule has 1 aliphatic rings. The van der Waals surface area contributed by atoms with Crippen molar-refractivity contribution in [1.29, 1.82) is 0 Å². The average Bonchev–Trinajstić information content (AvgIpc) is 1.94. The van der Waals surface area contributed by atoms with Crippen LogP contribution in [0, 0.1) is 0 Å². The highest BCUT2D eigenvalue weighted by molar-refractivity contribution is 8.77. The minimum absolute atomic E-state index is 0.0880. The fourth-order valence-electron chi connectivity index (χ4n) is 0.283. The average molecular weight is 131 g/mol. The van der Waals surface area contributed by atoms with E-state index in [1.165, 1.54) is 0 Å². The Morgan fingerprint density at radius 3 is 3.57 bits per heavy atom. The zero-order chi connectivity index (χ0) is 5.82. The highest BCUT2D eigenvalue weighted by Crippen LogP contribution is 2.23. The first-order valence-electron chi connectivity index (χ1n) is 2.55. The zero-order valence-electron chi connectivity index (χ0n) is 4.70. The van der Waals surface area contributed by atoms with Crippen molar-refractivity contribution in [1.82, 2.24) is 0 Å². The molecular weight excluding hydrogens is 124 g/mol. The van der Waals surface area contributed by atoms with Crippen LogP contribution in [0.25, 0.3) is 0 Å². The van der Waals surface area contributed by atoms with E-state index in [1.807, 2.05) is 23.6 Å². The first kappa shape index (κ1) is 4.10. The van der Waals surface area contributed by atoms with E-state index in [1.54, 1.807) is 21.6 Å². The van der Waals surface area contributed by atoms with Crippen molar-refractivity contribution in [2.24, 2.45) is 0 Å². The summed E-state index contributed by atoms with van der Waals surface area (Å²) in [5, 5.41) is 1.98. The van der Waals surface area contributed by atoms with E-state index in [9.17, 15) is 0 Å². The molecule has 1 aliphatic heterocycles. The van der Waals surface area contributed by atoms with Gasteiger partial charge in [0.25, 0.3) is 0 Å². The molecule has 0 aromatic rings. The molecule has 0 radical (unpaired) electrons. The maximum Gasteiger partial charge on any atom is 0.0433 e. The molecule has 1 atom stereocenters. The molecule has 1 rings (SSSR count). The summed E-state index contributed by atoms with van der Waals surface area (Å²) in [6.07, 6.45) is 5.72. The van der Waals surface area contributed by atoms with Gasteiger partial charge in [-0.25, -0.2) is 0 Å². The highest BCUT2D eigenvalue weighted by atomic mass is 33.1. The van der Waals surface area contributed by atoms with E-state index >= 15 is 0 Å². The van der Waals surface area contributed by atoms with Crippen molar-refractivity contribution >= 4 is 21.6 Å². The molecule has 7 heavy (non-hydrogen) atoms. The van der Waals surface area contributed by atoms with Crippen LogP contribution in [0.1, 0.15) is 1.37 Å². The number of allylic oxidation sites excluding steroid dienone is 2. The van der Waals surface area contributed by atoms with E-state index < -0.39 is 0 Å². The van der Waals surface area contributed by atoms with Crippen LogP contribution in [0.5, 0.6) is 0 Å². The Bertz CT molecular complexity index is 120. The normalized spacial score (nSPS) is 32.0. The molecule has 0 saturated heterocycles. The van der Waals surface area contributed by atoms with Gasteiger partial charge in [-0.1, -0.05) is 39.8 Å². The predicted octanol–water partition coefficient (Wildman–Crippen LogP) is 2.45. The van der Waals surface area contributed by atoms with Gasteiger partial charge in [-0.3, -0.25) is 0 Å². The molecular formula is C5H6S2. The SMILES string of the molecule is [2H]C1C=CC=CSS1. The molecule has 38 valence electrons. The minimum atomic E-state index is -0.0880. The second-order valence-corrected chi connectivity index (χ2v) is 3.13. The summed E-state index contributed by atoms with van der Waals surface area (Å²) in [6, 6.07) is 0. The Morgan fingerprint density at radius 2 is 2.57 bits per heavy atom. The monoisotopic (exact) mass is 131 g/mol.